The van der Waals surface area contributed by atoms with Crippen molar-refractivity contribution in [2.24, 2.45) is 4.99 Å². The number of hydrogen-bond acceptors (Lipinski definition) is 4. The number of aromatic nitrogens is 2. The van der Waals surface area contributed by atoms with Gasteiger partial charge in [0, 0.05) is 26.1 Å². The molecule has 0 spiro atoms. The average Bonchev–Trinajstić information content (AvgIpc) is 2.88. The third kappa shape index (κ3) is 9.22. The van der Waals surface area contributed by atoms with Crippen LogP contribution in [0.15, 0.2) is 9.52 Å². The van der Waals surface area contributed by atoms with Gasteiger partial charge in [-0.3, -0.25) is 4.99 Å². The lowest BCUT2D eigenvalue weighted by Crippen LogP contribution is -2.42. The maximum Gasteiger partial charge on any atom is 0.228 e. The second kappa shape index (κ2) is 12.7. The van der Waals surface area contributed by atoms with Gasteiger partial charge in [0.1, 0.15) is 0 Å². The maximum absolute atomic E-state index is 5.08. The quantitative estimate of drug-likeness (QED) is 0.276. The highest BCUT2D eigenvalue weighted by molar-refractivity contribution is 14.0. The van der Waals surface area contributed by atoms with Crippen LogP contribution in [0.25, 0.3) is 0 Å². The summed E-state index contributed by atoms with van der Waals surface area (Å²) >= 11 is 0. The Labute approximate surface area is 150 Å². The first kappa shape index (κ1) is 21.1. The molecule has 2 N–H and O–H groups in total. The third-order valence-electron chi connectivity index (χ3n) is 3.30. The van der Waals surface area contributed by atoms with E-state index < -0.39 is 0 Å². The molecule has 1 rings (SSSR count). The summed E-state index contributed by atoms with van der Waals surface area (Å²) in [7, 11) is 1.79. The minimum Gasteiger partial charge on any atom is -0.356 e. The van der Waals surface area contributed by atoms with E-state index in [1.54, 1.807) is 7.05 Å². The Morgan fingerprint density at radius 1 is 1.32 bits per heavy atom. The van der Waals surface area contributed by atoms with Gasteiger partial charge in [-0.2, -0.15) is 4.98 Å². The van der Waals surface area contributed by atoms with E-state index in [-0.39, 0.29) is 24.0 Å². The molecule has 22 heavy (non-hydrogen) atoms. The van der Waals surface area contributed by atoms with E-state index >= 15 is 0 Å². The Bertz CT molecular complexity index is 422. The van der Waals surface area contributed by atoms with Gasteiger partial charge in [0.05, 0.1) is 0 Å². The first-order chi connectivity index (χ1) is 10.2. The van der Waals surface area contributed by atoms with Crippen molar-refractivity contribution in [3.05, 3.63) is 11.7 Å². The lowest BCUT2D eigenvalue weighted by Gasteiger charge is -2.17. The van der Waals surface area contributed by atoms with Crippen molar-refractivity contribution in [1.82, 2.24) is 20.8 Å². The minimum atomic E-state index is 0. The van der Waals surface area contributed by atoms with Crippen molar-refractivity contribution in [3.8, 4) is 0 Å². The molecule has 6 nitrogen and oxygen atoms in total. The number of hydrogen-bond donors (Lipinski definition) is 2. The molecule has 0 aromatic carbocycles. The molecule has 0 saturated carbocycles. The molecular weight excluding hydrogens is 393 g/mol. The van der Waals surface area contributed by atoms with Crippen molar-refractivity contribution in [1.29, 1.82) is 0 Å². The van der Waals surface area contributed by atoms with Gasteiger partial charge in [0.15, 0.2) is 11.8 Å². The van der Waals surface area contributed by atoms with Crippen molar-refractivity contribution >= 4 is 29.9 Å². The van der Waals surface area contributed by atoms with Gasteiger partial charge in [-0.1, -0.05) is 37.8 Å². The second-order valence-corrected chi connectivity index (χ2v) is 5.38. The van der Waals surface area contributed by atoms with Crippen molar-refractivity contribution in [2.75, 3.05) is 13.6 Å². The van der Waals surface area contributed by atoms with E-state index in [4.69, 9.17) is 4.52 Å². The predicted molar refractivity (Wildman–Crippen MR) is 101 cm³/mol. The molecule has 1 aromatic rings. The summed E-state index contributed by atoms with van der Waals surface area (Å²) in [5, 5.41) is 10.4. The molecular formula is C15H30IN5O. The molecule has 0 amide bonds. The molecule has 0 aliphatic heterocycles. The summed E-state index contributed by atoms with van der Waals surface area (Å²) in [6.07, 6.45) is 7.05. The van der Waals surface area contributed by atoms with Crippen molar-refractivity contribution in [2.45, 2.75) is 65.3 Å². The van der Waals surface area contributed by atoms with E-state index in [1.807, 2.05) is 6.92 Å². The zero-order valence-electron chi connectivity index (χ0n) is 14.2. The summed E-state index contributed by atoms with van der Waals surface area (Å²) in [4.78, 5) is 8.41. The molecule has 0 fully saturated rings. The second-order valence-electron chi connectivity index (χ2n) is 5.38. The molecule has 7 heteroatoms. The Morgan fingerprint density at radius 2 is 2.09 bits per heavy atom. The van der Waals surface area contributed by atoms with Gasteiger partial charge in [-0.05, 0) is 20.3 Å². The van der Waals surface area contributed by atoms with Gasteiger partial charge in [0.25, 0.3) is 0 Å². The van der Waals surface area contributed by atoms with Crippen LogP contribution in [0.1, 0.15) is 57.7 Å². The minimum absolute atomic E-state index is 0. The van der Waals surface area contributed by atoms with E-state index in [9.17, 15) is 0 Å². The van der Waals surface area contributed by atoms with Crippen LogP contribution >= 0.6 is 24.0 Å². The molecule has 1 aromatic heterocycles. The van der Waals surface area contributed by atoms with Gasteiger partial charge in [-0.25, -0.2) is 0 Å². The van der Waals surface area contributed by atoms with Crippen LogP contribution in [0.5, 0.6) is 0 Å². The topological polar surface area (TPSA) is 75.3 Å². The summed E-state index contributed by atoms with van der Waals surface area (Å²) in [6.45, 7) is 6.98. The van der Waals surface area contributed by atoms with E-state index in [2.05, 4.69) is 39.6 Å². The first-order valence-corrected chi connectivity index (χ1v) is 7.92. The van der Waals surface area contributed by atoms with Crippen LogP contribution in [0.2, 0.25) is 0 Å². The van der Waals surface area contributed by atoms with Crippen LogP contribution in [0.3, 0.4) is 0 Å². The standard InChI is InChI=1S/C15H29N5O.HI/c1-5-6-7-8-9-12(2)18-15(16-4)17-11-10-14-19-13(3)20-21-14;/h12H,5-11H2,1-4H3,(H2,16,17,18);1H. The SMILES string of the molecule is CCCCCCC(C)NC(=NC)NCCc1nc(C)no1.I. The van der Waals surface area contributed by atoms with Crippen LogP contribution < -0.4 is 10.6 Å². The molecule has 1 heterocycles. The summed E-state index contributed by atoms with van der Waals surface area (Å²) in [5.74, 6) is 2.16. The number of nitrogens with one attached hydrogen (secondary N) is 2. The highest BCUT2D eigenvalue weighted by Crippen LogP contribution is 2.05. The Kier molecular flexibility index (Phi) is 12.2. The zero-order valence-corrected chi connectivity index (χ0v) is 16.5. The van der Waals surface area contributed by atoms with Crippen molar-refractivity contribution in [3.63, 3.8) is 0 Å². The fraction of sp³-hybridized carbons (Fsp3) is 0.800. The smallest absolute Gasteiger partial charge is 0.228 e. The largest absolute Gasteiger partial charge is 0.356 e. The van der Waals surface area contributed by atoms with Crippen LogP contribution in [0, 0.1) is 6.92 Å². The fourth-order valence-corrected chi connectivity index (χ4v) is 2.11. The highest BCUT2D eigenvalue weighted by Gasteiger charge is 2.06. The number of aliphatic imine (C=N–C) groups is 1. The summed E-state index contributed by atoms with van der Waals surface area (Å²) in [5.41, 5.74) is 0. The van der Waals surface area contributed by atoms with Gasteiger partial charge in [-0.15, -0.1) is 24.0 Å². The van der Waals surface area contributed by atoms with Gasteiger partial charge in [0.2, 0.25) is 5.89 Å². The first-order valence-electron chi connectivity index (χ1n) is 7.92. The van der Waals surface area contributed by atoms with E-state index in [0.717, 1.165) is 12.5 Å². The predicted octanol–water partition coefficient (Wildman–Crippen LogP) is 3.06. The molecule has 128 valence electrons. The van der Waals surface area contributed by atoms with Crippen LogP contribution in [-0.4, -0.2) is 35.7 Å². The fourth-order valence-electron chi connectivity index (χ4n) is 2.11. The monoisotopic (exact) mass is 423 g/mol. The molecule has 1 unspecified atom stereocenters. The number of guanidine groups is 1. The molecule has 1 atom stereocenters. The number of unbranched alkanes of at least 4 members (excludes halogenated alkanes) is 3. The molecule has 0 bridgehead atoms. The normalized spacial score (nSPS) is 12.6. The number of halogens is 1. The molecule has 0 saturated heterocycles. The lowest BCUT2D eigenvalue weighted by molar-refractivity contribution is 0.374. The zero-order chi connectivity index (χ0) is 15.5. The van der Waals surface area contributed by atoms with E-state index in [1.165, 1.54) is 32.1 Å². The Morgan fingerprint density at radius 3 is 2.68 bits per heavy atom. The summed E-state index contributed by atoms with van der Waals surface area (Å²) < 4.78 is 5.08. The maximum atomic E-state index is 5.08. The van der Waals surface area contributed by atoms with Crippen molar-refractivity contribution < 1.29 is 4.52 Å². The third-order valence-corrected chi connectivity index (χ3v) is 3.30. The van der Waals surface area contributed by atoms with E-state index in [0.29, 0.717) is 24.2 Å². The lowest BCUT2D eigenvalue weighted by atomic mass is 10.1. The van der Waals surface area contributed by atoms with Gasteiger partial charge >= 0.3 is 0 Å². The summed E-state index contributed by atoms with van der Waals surface area (Å²) in [6, 6.07) is 0.429. The average molecular weight is 423 g/mol. The molecule has 0 radical (unpaired) electrons. The highest BCUT2D eigenvalue weighted by atomic mass is 127. The van der Waals surface area contributed by atoms with Crippen LogP contribution in [-0.2, 0) is 6.42 Å². The number of rotatable bonds is 9. The Balaban J connectivity index is 0.00000441. The molecule has 0 aliphatic rings. The number of nitrogens with zero attached hydrogens (tertiary/aromatic N) is 3. The molecule has 0 aliphatic carbocycles. The Hall–Kier alpha value is -0.860. The van der Waals surface area contributed by atoms with Gasteiger partial charge < -0.3 is 15.2 Å². The van der Waals surface area contributed by atoms with Crippen LogP contribution in [0.4, 0.5) is 0 Å². The number of aryl methyl sites for hydroxylation is 1.